The molecule has 0 spiro atoms. The topological polar surface area (TPSA) is 38.3 Å². The maximum Gasteiger partial charge on any atom is 0.256 e. The number of ether oxygens (including phenoxy) is 1. The van der Waals surface area contributed by atoms with E-state index in [-0.39, 0.29) is 5.91 Å². The number of carbonyl (C=O) groups is 1. The Hall–Kier alpha value is -2.52. The van der Waals surface area contributed by atoms with Crippen LogP contribution in [0.15, 0.2) is 60.7 Å². The number of carbonyl (C=O) groups excluding carboxylic acids is 1. The summed E-state index contributed by atoms with van der Waals surface area (Å²) in [5.74, 6) is 0.423. The predicted molar refractivity (Wildman–Crippen MR) is 89.9 cm³/mol. The first-order chi connectivity index (χ1) is 10.7. The smallest absolute Gasteiger partial charge is 0.256 e. The van der Waals surface area contributed by atoms with Crippen LogP contribution in [0.25, 0.3) is 10.8 Å². The number of para-hydroxylation sites is 2. The molecule has 0 aliphatic rings. The van der Waals surface area contributed by atoms with Crippen LogP contribution in [-0.2, 0) is 0 Å². The third-order valence-corrected chi connectivity index (χ3v) is 3.80. The lowest BCUT2D eigenvalue weighted by Crippen LogP contribution is -2.13. The summed E-state index contributed by atoms with van der Waals surface area (Å²) < 4.78 is 5.25. The van der Waals surface area contributed by atoms with E-state index < -0.39 is 0 Å². The van der Waals surface area contributed by atoms with E-state index >= 15 is 0 Å². The van der Waals surface area contributed by atoms with Gasteiger partial charge in [0.25, 0.3) is 5.91 Å². The van der Waals surface area contributed by atoms with Gasteiger partial charge in [-0.05, 0) is 29.7 Å². The molecule has 0 saturated carbocycles. The summed E-state index contributed by atoms with van der Waals surface area (Å²) in [7, 11) is 1.57. The summed E-state index contributed by atoms with van der Waals surface area (Å²) in [6.07, 6.45) is 0. The largest absolute Gasteiger partial charge is 0.495 e. The van der Waals surface area contributed by atoms with Crippen LogP contribution in [0.3, 0.4) is 0 Å². The first-order valence-corrected chi connectivity index (χ1v) is 7.20. The summed E-state index contributed by atoms with van der Waals surface area (Å²) >= 11 is 6.19. The van der Waals surface area contributed by atoms with E-state index in [9.17, 15) is 4.79 Å². The highest BCUT2D eigenvalue weighted by molar-refractivity contribution is 6.36. The Labute approximate surface area is 133 Å². The molecule has 1 amide bonds. The van der Waals surface area contributed by atoms with Gasteiger partial charge in [-0.15, -0.1) is 0 Å². The maximum atomic E-state index is 12.6. The van der Waals surface area contributed by atoms with Gasteiger partial charge in [0.1, 0.15) is 5.75 Å². The zero-order valence-electron chi connectivity index (χ0n) is 12.0. The summed E-state index contributed by atoms with van der Waals surface area (Å²) in [6.45, 7) is 0. The third kappa shape index (κ3) is 2.63. The molecule has 0 bridgehead atoms. The third-order valence-electron chi connectivity index (χ3n) is 3.47. The van der Waals surface area contributed by atoms with Gasteiger partial charge < -0.3 is 10.1 Å². The van der Waals surface area contributed by atoms with Gasteiger partial charge in [0, 0.05) is 16.0 Å². The van der Waals surface area contributed by atoms with Crippen molar-refractivity contribution in [1.82, 2.24) is 0 Å². The van der Waals surface area contributed by atoms with Crippen molar-refractivity contribution >= 4 is 34.0 Å². The Morgan fingerprint density at radius 3 is 2.50 bits per heavy atom. The van der Waals surface area contributed by atoms with Gasteiger partial charge >= 0.3 is 0 Å². The van der Waals surface area contributed by atoms with Gasteiger partial charge in [-0.3, -0.25) is 4.79 Å². The molecule has 0 heterocycles. The number of benzene rings is 3. The fourth-order valence-corrected chi connectivity index (χ4v) is 2.64. The van der Waals surface area contributed by atoms with Crippen molar-refractivity contribution in [3.8, 4) is 5.75 Å². The highest BCUT2D eigenvalue weighted by Gasteiger charge is 2.13. The molecule has 0 aliphatic heterocycles. The van der Waals surface area contributed by atoms with E-state index in [1.807, 2.05) is 42.5 Å². The first kappa shape index (κ1) is 14.4. The van der Waals surface area contributed by atoms with Gasteiger partial charge in [0.2, 0.25) is 0 Å². The summed E-state index contributed by atoms with van der Waals surface area (Å²) in [6, 6.07) is 18.3. The predicted octanol–water partition coefficient (Wildman–Crippen LogP) is 4.75. The van der Waals surface area contributed by atoms with Crippen LogP contribution in [0.4, 0.5) is 5.69 Å². The molecule has 3 aromatic carbocycles. The molecule has 0 radical (unpaired) electrons. The molecular formula is C18H14ClNO2. The molecule has 0 atom stereocenters. The van der Waals surface area contributed by atoms with Crippen LogP contribution in [0.2, 0.25) is 5.02 Å². The standard InChI is InChI=1S/C18H14ClNO2/c1-22-17-11-3-2-10-16(17)20-18(21)14-8-4-7-13-12(14)6-5-9-15(13)19/h2-11H,1H3,(H,20,21). The lowest BCUT2D eigenvalue weighted by Gasteiger charge is -2.11. The van der Waals surface area contributed by atoms with E-state index in [0.29, 0.717) is 22.0 Å². The van der Waals surface area contributed by atoms with E-state index in [2.05, 4.69) is 5.32 Å². The summed E-state index contributed by atoms with van der Waals surface area (Å²) in [5, 5.41) is 5.19. The van der Waals surface area contributed by atoms with Gasteiger partial charge in [-0.1, -0.05) is 48.0 Å². The Bertz CT molecular complexity index is 845. The minimum Gasteiger partial charge on any atom is -0.495 e. The maximum absolute atomic E-state index is 12.6. The van der Waals surface area contributed by atoms with Crippen molar-refractivity contribution in [2.45, 2.75) is 0 Å². The van der Waals surface area contributed by atoms with E-state index in [1.165, 1.54) is 0 Å². The fourth-order valence-electron chi connectivity index (χ4n) is 2.41. The van der Waals surface area contributed by atoms with Crippen LogP contribution >= 0.6 is 11.6 Å². The van der Waals surface area contributed by atoms with Crippen LogP contribution in [0.5, 0.6) is 5.75 Å². The average molecular weight is 312 g/mol. The van der Waals surface area contributed by atoms with Crippen molar-refractivity contribution in [2.75, 3.05) is 12.4 Å². The Balaban J connectivity index is 2.01. The summed E-state index contributed by atoms with van der Waals surface area (Å²) in [5.41, 5.74) is 1.21. The molecule has 0 aliphatic carbocycles. The van der Waals surface area contributed by atoms with Crippen molar-refractivity contribution < 1.29 is 9.53 Å². The van der Waals surface area contributed by atoms with Gasteiger partial charge in [-0.25, -0.2) is 0 Å². The van der Waals surface area contributed by atoms with Crippen LogP contribution in [0.1, 0.15) is 10.4 Å². The number of halogens is 1. The van der Waals surface area contributed by atoms with E-state index in [0.717, 1.165) is 10.8 Å². The molecule has 3 nitrogen and oxygen atoms in total. The van der Waals surface area contributed by atoms with Crippen molar-refractivity contribution in [2.24, 2.45) is 0 Å². The molecule has 110 valence electrons. The SMILES string of the molecule is COc1ccccc1NC(=O)c1cccc2c(Cl)cccc12. The number of fused-ring (bicyclic) bond motifs is 1. The number of hydrogen-bond acceptors (Lipinski definition) is 2. The quantitative estimate of drug-likeness (QED) is 0.757. The number of methoxy groups -OCH3 is 1. The van der Waals surface area contributed by atoms with Crippen molar-refractivity contribution in [1.29, 1.82) is 0 Å². The Morgan fingerprint density at radius 2 is 1.68 bits per heavy atom. The zero-order valence-corrected chi connectivity index (χ0v) is 12.7. The normalized spacial score (nSPS) is 10.5. The molecule has 3 aromatic rings. The fraction of sp³-hybridized carbons (Fsp3) is 0.0556. The molecular weight excluding hydrogens is 298 g/mol. The van der Waals surface area contributed by atoms with Crippen molar-refractivity contribution in [3.05, 3.63) is 71.2 Å². The van der Waals surface area contributed by atoms with E-state index in [1.54, 1.807) is 25.3 Å². The number of nitrogens with one attached hydrogen (secondary N) is 1. The Morgan fingerprint density at radius 1 is 0.955 bits per heavy atom. The minimum absolute atomic E-state index is 0.197. The molecule has 22 heavy (non-hydrogen) atoms. The number of hydrogen-bond donors (Lipinski definition) is 1. The molecule has 3 rings (SSSR count). The highest BCUT2D eigenvalue weighted by Crippen LogP contribution is 2.28. The van der Waals surface area contributed by atoms with Crippen LogP contribution in [0, 0.1) is 0 Å². The Kier molecular flexibility index (Phi) is 3.98. The molecule has 1 N–H and O–H groups in total. The highest BCUT2D eigenvalue weighted by atomic mass is 35.5. The average Bonchev–Trinajstić information content (AvgIpc) is 2.55. The first-order valence-electron chi connectivity index (χ1n) is 6.82. The lowest BCUT2D eigenvalue weighted by molar-refractivity contribution is 0.102. The molecule has 0 saturated heterocycles. The minimum atomic E-state index is -0.197. The monoisotopic (exact) mass is 311 g/mol. The number of amides is 1. The van der Waals surface area contributed by atoms with E-state index in [4.69, 9.17) is 16.3 Å². The number of rotatable bonds is 3. The molecule has 4 heteroatoms. The van der Waals surface area contributed by atoms with Gasteiger partial charge in [-0.2, -0.15) is 0 Å². The second-order valence-corrected chi connectivity index (χ2v) is 5.20. The van der Waals surface area contributed by atoms with Crippen molar-refractivity contribution in [3.63, 3.8) is 0 Å². The second kappa shape index (κ2) is 6.08. The lowest BCUT2D eigenvalue weighted by atomic mass is 10.0. The summed E-state index contributed by atoms with van der Waals surface area (Å²) in [4.78, 5) is 12.6. The molecule has 0 unspecified atom stereocenters. The van der Waals surface area contributed by atoms with Gasteiger partial charge in [0.15, 0.2) is 0 Å². The zero-order chi connectivity index (χ0) is 15.5. The number of anilines is 1. The van der Waals surface area contributed by atoms with Crippen LogP contribution < -0.4 is 10.1 Å². The van der Waals surface area contributed by atoms with Gasteiger partial charge in [0.05, 0.1) is 12.8 Å². The van der Waals surface area contributed by atoms with Crippen LogP contribution in [-0.4, -0.2) is 13.0 Å². The second-order valence-electron chi connectivity index (χ2n) is 4.79. The molecule has 0 fully saturated rings. The molecule has 0 aromatic heterocycles.